The van der Waals surface area contributed by atoms with E-state index in [-0.39, 0.29) is 18.0 Å². The minimum atomic E-state index is -4.58. The van der Waals surface area contributed by atoms with E-state index < -0.39 is 23.6 Å². The van der Waals surface area contributed by atoms with Crippen LogP contribution in [-0.4, -0.2) is 18.4 Å². The van der Waals surface area contributed by atoms with Crippen LogP contribution in [0.15, 0.2) is 42.5 Å². The van der Waals surface area contributed by atoms with Crippen molar-refractivity contribution in [1.82, 2.24) is 0 Å². The van der Waals surface area contributed by atoms with Crippen LogP contribution < -0.4 is 15.4 Å². The van der Waals surface area contributed by atoms with Crippen molar-refractivity contribution in [2.24, 2.45) is 0 Å². The van der Waals surface area contributed by atoms with E-state index >= 15 is 0 Å². The molecule has 2 rings (SSSR count). The van der Waals surface area contributed by atoms with Crippen LogP contribution >= 0.6 is 0 Å². The number of alkyl halides is 3. The highest BCUT2D eigenvalue weighted by atomic mass is 19.4. The molecule has 0 heterocycles. The average molecular weight is 366 g/mol. The van der Waals surface area contributed by atoms with Gasteiger partial charge in [-0.3, -0.25) is 9.59 Å². The van der Waals surface area contributed by atoms with Crippen molar-refractivity contribution < 1.29 is 27.5 Å². The van der Waals surface area contributed by atoms with Crippen LogP contribution in [0.4, 0.5) is 24.5 Å². The second-order valence-corrected chi connectivity index (χ2v) is 5.54. The Morgan fingerprint density at radius 3 is 2.35 bits per heavy atom. The Morgan fingerprint density at radius 2 is 1.73 bits per heavy atom. The van der Waals surface area contributed by atoms with Crippen LogP contribution in [0.2, 0.25) is 0 Å². The summed E-state index contributed by atoms with van der Waals surface area (Å²) in [5, 5.41) is 4.72. The molecule has 2 aromatic carbocycles. The fourth-order valence-corrected chi connectivity index (χ4v) is 2.17. The van der Waals surface area contributed by atoms with E-state index in [2.05, 4.69) is 10.6 Å². The molecule has 0 aliphatic rings. The van der Waals surface area contributed by atoms with E-state index in [9.17, 15) is 22.8 Å². The van der Waals surface area contributed by atoms with Crippen LogP contribution in [0.25, 0.3) is 0 Å². The molecule has 2 amide bonds. The van der Waals surface area contributed by atoms with Gasteiger partial charge in [0.1, 0.15) is 5.75 Å². The molecule has 0 fully saturated rings. The Bertz CT molecular complexity index is 820. The summed E-state index contributed by atoms with van der Waals surface area (Å²) in [6.45, 7) is 2.63. The summed E-state index contributed by atoms with van der Waals surface area (Å²) in [5.41, 5.74) is -0.219. The molecular weight excluding hydrogens is 349 g/mol. The van der Waals surface area contributed by atoms with Crippen molar-refractivity contribution in [3.05, 3.63) is 53.6 Å². The predicted octanol–water partition coefficient (Wildman–Crippen LogP) is 3.99. The summed E-state index contributed by atoms with van der Waals surface area (Å²) in [4.78, 5) is 23.3. The van der Waals surface area contributed by atoms with E-state index in [0.717, 1.165) is 23.8 Å². The largest absolute Gasteiger partial charge is 0.483 e. The van der Waals surface area contributed by atoms with E-state index in [4.69, 9.17) is 4.74 Å². The van der Waals surface area contributed by atoms with E-state index in [0.29, 0.717) is 5.75 Å². The smallest absolute Gasteiger partial charge is 0.416 e. The quantitative estimate of drug-likeness (QED) is 0.841. The Balaban J connectivity index is 2.16. The number of para-hydroxylation sites is 1. The van der Waals surface area contributed by atoms with Crippen molar-refractivity contribution >= 4 is 23.2 Å². The van der Waals surface area contributed by atoms with Crippen molar-refractivity contribution in [3.8, 4) is 5.75 Å². The van der Waals surface area contributed by atoms with Crippen LogP contribution in [0, 0.1) is 6.92 Å². The number of hydrogen-bond acceptors (Lipinski definition) is 3. The molecule has 2 N–H and O–H groups in total. The predicted molar refractivity (Wildman–Crippen MR) is 91.1 cm³/mol. The molecule has 26 heavy (non-hydrogen) atoms. The lowest BCUT2D eigenvalue weighted by Gasteiger charge is -2.15. The minimum Gasteiger partial charge on any atom is -0.483 e. The molecule has 138 valence electrons. The first kappa shape index (κ1) is 19.3. The van der Waals surface area contributed by atoms with Gasteiger partial charge in [0.2, 0.25) is 5.91 Å². The fraction of sp³-hybridized carbons (Fsp3) is 0.222. The van der Waals surface area contributed by atoms with Crippen molar-refractivity contribution in [2.45, 2.75) is 20.0 Å². The zero-order valence-corrected chi connectivity index (χ0v) is 14.1. The highest BCUT2D eigenvalue weighted by Crippen LogP contribution is 2.34. The topological polar surface area (TPSA) is 67.4 Å². The zero-order chi connectivity index (χ0) is 19.3. The highest BCUT2D eigenvalue weighted by molar-refractivity contribution is 5.99. The average Bonchev–Trinajstić information content (AvgIpc) is 2.54. The van der Waals surface area contributed by atoms with Crippen LogP contribution in [-0.2, 0) is 15.8 Å². The molecule has 0 aliphatic carbocycles. The third kappa shape index (κ3) is 5.23. The molecule has 0 unspecified atom stereocenters. The molecule has 0 radical (unpaired) electrons. The summed E-state index contributed by atoms with van der Waals surface area (Å²) < 4.78 is 44.0. The number of nitrogens with one attached hydrogen (secondary N) is 2. The third-order valence-electron chi connectivity index (χ3n) is 3.38. The lowest BCUT2D eigenvalue weighted by molar-refractivity contribution is -0.137. The van der Waals surface area contributed by atoms with Gasteiger partial charge < -0.3 is 15.4 Å². The highest BCUT2D eigenvalue weighted by Gasteiger charge is 2.31. The number of halogens is 3. The normalized spacial score (nSPS) is 11.0. The van der Waals surface area contributed by atoms with E-state index in [1.165, 1.54) is 6.92 Å². The van der Waals surface area contributed by atoms with Crippen LogP contribution in [0.5, 0.6) is 5.75 Å². The molecule has 0 saturated heterocycles. The summed E-state index contributed by atoms with van der Waals surface area (Å²) in [5.74, 6) is -0.635. The number of benzene rings is 2. The van der Waals surface area contributed by atoms with Gasteiger partial charge in [-0.1, -0.05) is 18.2 Å². The van der Waals surface area contributed by atoms with Crippen molar-refractivity contribution in [2.75, 3.05) is 17.2 Å². The molecule has 2 aromatic rings. The number of rotatable bonds is 5. The van der Waals surface area contributed by atoms with Gasteiger partial charge in [0.15, 0.2) is 6.61 Å². The maximum Gasteiger partial charge on any atom is 0.416 e. The third-order valence-corrected chi connectivity index (χ3v) is 3.38. The molecule has 0 spiro atoms. The Labute approximate surface area is 148 Å². The van der Waals surface area contributed by atoms with Gasteiger partial charge in [0.25, 0.3) is 5.91 Å². The lowest BCUT2D eigenvalue weighted by Crippen LogP contribution is -2.22. The van der Waals surface area contributed by atoms with Gasteiger partial charge in [0.05, 0.1) is 16.9 Å². The number of carbonyl (C=O) groups is 2. The van der Waals surface area contributed by atoms with Gasteiger partial charge in [-0.25, -0.2) is 0 Å². The zero-order valence-electron chi connectivity index (χ0n) is 14.1. The summed E-state index contributed by atoms with van der Waals surface area (Å²) in [6, 6.07) is 9.70. The maximum atomic E-state index is 12.9. The summed E-state index contributed by atoms with van der Waals surface area (Å²) in [7, 11) is 0. The molecule has 0 saturated carbocycles. The van der Waals surface area contributed by atoms with Gasteiger partial charge in [0, 0.05) is 6.92 Å². The van der Waals surface area contributed by atoms with Gasteiger partial charge in [-0.15, -0.1) is 0 Å². The standard InChI is InChI=1S/C18H17F3N2O3/c1-11-5-3-4-6-16(11)26-10-17(25)23-15-9-13(18(19,20)21)7-8-14(15)22-12(2)24/h3-9H,10H2,1-2H3,(H,22,24)(H,23,25). The van der Waals surface area contributed by atoms with Gasteiger partial charge >= 0.3 is 6.18 Å². The number of carbonyl (C=O) groups excluding carboxylic acids is 2. The Kier molecular flexibility index (Phi) is 5.86. The molecule has 0 aliphatic heterocycles. The van der Waals surface area contributed by atoms with E-state index in [1.807, 2.05) is 6.07 Å². The summed E-state index contributed by atoms with van der Waals surface area (Å²) >= 11 is 0. The number of amides is 2. The number of aryl methyl sites for hydroxylation is 1. The molecule has 0 aromatic heterocycles. The fourth-order valence-electron chi connectivity index (χ4n) is 2.17. The van der Waals surface area contributed by atoms with Crippen LogP contribution in [0.1, 0.15) is 18.1 Å². The first-order valence-corrected chi connectivity index (χ1v) is 7.64. The number of anilines is 2. The van der Waals surface area contributed by atoms with Gasteiger partial charge in [-0.2, -0.15) is 13.2 Å². The second-order valence-electron chi connectivity index (χ2n) is 5.54. The van der Waals surface area contributed by atoms with E-state index in [1.54, 1.807) is 25.1 Å². The minimum absolute atomic E-state index is 0.0646. The SMILES string of the molecule is CC(=O)Nc1ccc(C(F)(F)F)cc1NC(=O)COc1ccccc1C. The molecular formula is C18H17F3N2O3. The second kappa shape index (κ2) is 7.90. The van der Waals surface area contributed by atoms with Crippen LogP contribution in [0.3, 0.4) is 0 Å². The number of hydrogen-bond donors (Lipinski definition) is 2. The number of ether oxygens (including phenoxy) is 1. The monoisotopic (exact) mass is 366 g/mol. The van der Waals surface area contributed by atoms with Crippen molar-refractivity contribution in [1.29, 1.82) is 0 Å². The van der Waals surface area contributed by atoms with Gasteiger partial charge in [-0.05, 0) is 36.8 Å². The molecule has 5 nitrogen and oxygen atoms in total. The summed E-state index contributed by atoms with van der Waals surface area (Å²) in [6.07, 6.45) is -4.58. The first-order chi connectivity index (χ1) is 12.2. The maximum absolute atomic E-state index is 12.9. The Hall–Kier alpha value is -3.03. The molecule has 0 atom stereocenters. The molecule has 0 bridgehead atoms. The molecule has 8 heteroatoms. The Morgan fingerprint density at radius 1 is 1.04 bits per heavy atom. The first-order valence-electron chi connectivity index (χ1n) is 7.64. The van der Waals surface area contributed by atoms with Crippen molar-refractivity contribution in [3.63, 3.8) is 0 Å². The lowest BCUT2D eigenvalue weighted by atomic mass is 10.1.